The van der Waals surface area contributed by atoms with Crippen LogP contribution in [0.4, 0.5) is 0 Å². The van der Waals surface area contributed by atoms with Gasteiger partial charge in [0.2, 0.25) is 0 Å². The zero-order valence-corrected chi connectivity index (χ0v) is 10.2. The van der Waals surface area contributed by atoms with Crippen LogP contribution in [-0.2, 0) is 0 Å². The maximum atomic E-state index is 9.32. The van der Waals surface area contributed by atoms with Crippen LogP contribution < -0.4 is 0 Å². The predicted octanol–water partition coefficient (Wildman–Crippen LogP) is 2.68. The summed E-state index contributed by atoms with van der Waals surface area (Å²) in [5, 5.41) is 10.2. The summed E-state index contributed by atoms with van der Waals surface area (Å²) in [5.74, 6) is 1.31. The lowest BCUT2D eigenvalue weighted by Crippen LogP contribution is -2.19. The molecule has 1 aliphatic carbocycles. The SMILES string of the molecule is OC1CCC(SCCCCP)CC1. The molecule has 0 aromatic heterocycles. The number of rotatable bonds is 5. The first-order chi connectivity index (χ1) is 6.33. The molecule has 1 rings (SSSR count). The molecule has 0 spiro atoms. The molecule has 1 aliphatic rings. The lowest BCUT2D eigenvalue weighted by Gasteiger charge is -2.24. The van der Waals surface area contributed by atoms with Crippen LogP contribution in [0.5, 0.6) is 0 Å². The van der Waals surface area contributed by atoms with Gasteiger partial charge in [0.05, 0.1) is 6.10 Å². The fourth-order valence-corrected chi connectivity index (χ4v) is 3.31. The molecule has 1 unspecified atom stereocenters. The number of aliphatic hydroxyl groups is 1. The van der Waals surface area contributed by atoms with Crippen LogP contribution in [0.2, 0.25) is 0 Å². The quantitative estimate of drug-likeness (QED) is 0.568. The molecule has 1 atom stereocenters. The molecule has 0 aliphatic heterocycles. The van der Waals surface area contributed by atoms with Crippen LogP contribution in [0.15, 0.2) is 0 Å². The number of aliphatic hydroxyl groups excluding tert-OH is 1. The van der Waals surface area contributed by atoms with Crippen molar-refractivity contribution < 1.29 is 5.11 Å². The molecule has 0 amide bonds. The Morgan fingerprint density at radius 2 is 1.85 bits per heavy atom. The second-order valence-electron chi connectivity index (χ2n) is 3.80. The van der Waals surface area contributed by atoms with Crippen molar-refractivity contribution in [2.75, 3.05) is 11.9 Å². The molecule has 1 nitrogen and oxygen atoms in total. The first-order valence-electron chi connectivity index (χ1n) is 5.32. The topological polar surface area (TPSA) is 20.2 Å². The number of unbranched alkanes of at least 4 members (excludes halogenated alkanes) is 1. The standard InChI is InChI=1S/C10H21OPS/c11-9-3-5-10(6-4-9)13-8-2-1-7-12/h9-11H,1-8,12H2. The molecule has 3 heteroatoms. The second-order valence-corrected chi connectivity index (χ2v) is 5.78. The van der Waals surface area contributed by atoms with Gasteiger partial charge < -0.3 is 5.11 Å². The number of thioether (sulfide) groups is 1. The fraction of sp³-hybridized carbons (Fsp3) is 1.00. The summed E-state index contributed by atoms with van der Waals surface area (Å²) < 4.78 is 0. The molecule has 78 valence electrons. The minimum Gasteiger partial charge on any atom is -0.393 e. The highest BCUT2D eigenvalue weighted by Crippen LogP contribution is 2.28. The van der Waals surface area contributed by atoms with Gasteiger partial charge in [-0.15, -0.1) is 9.24 Å². The molecule has 1 saturated carbocycles. The molecule has 1 N–H and O–H groups in total. The van der Waals surface area contributed by atoms with Gasteiger partial charge in [-0.05, 0) is 50.4 Å². The van der Waals surface area contributed by atoms with Crippen molar-refractivity contribution in [3.63, 3.8) is 0 Å². The van der Waals surface area contributed by atoms with Crippen molar-refractivity contribution in [3.8, 4) is 0 Å². The third kappa shape index (κ3) is 5.24. The zero-order chi connectivity index (χ0) is 9.52. The molecule has 0 heterocycles. The highest BCUT2D eigenvalue weighted by molar-refractivity contribution is 7.99. The first-order valence-corrected chi connectivity index (χ1v) is 7.19. The van der Waals surface area contributed by atoms with Crippen LogP contribution >= 0.6 is 21.0 Å². The molecule has 0 saturated heterocycles. The third-order valence-corrected chi connectivity index (χ3v) is 4.47. The van der Waals surface area contributed by atoms with Gasteiger partial charge in [-0.1, -0.05) is 0 Å². The van der Waals surface area contributed by atoms with E-state index in [0.717, 1.165) is 18.1 Å². The lowest BCUT2D eigenvalue weighted by atomic mass is 9.97. The van der Waals surface area contributed by atoms with Crippen molar-refractivity contribution in [1.82, 2.24) is 0 Å². The molecule has 0 radical (unpaired) electrons. The van der Waals surface area contributed by atoms with Crippen LogP contribution in [0.25, 0.3) is 0 Å². The van der Waals surface area contributed by atoms with Gasteiger partial charge in [0, 0.05) is 5.25 Å². The van der Waals surface area contributed by atoms with Gasteiger partial charge in [-0.2, -0.15) is 11.8 Å². The van der Waals surface area contributed by atoms with Gasteiger partial charge in [0.1, 0.15) is 0 Å². The Morgan fingerprint density at radius 3 is 2.46 bits per heavy atom. The second kappa shape index (κ2) is 7.09. The summed E-state index contributed by atoms with van der Waals surface area (Å²) in [7, 11) is 2.78. The summed E-state index contributed by atoms with van der Waals surface area (Å²) in [6.07, 6.45) is 8.45. The Bertz CT molecular complexity index is 124. The van der Waals surface area contributed by atoms with Crippen LogP contribution in [0.1, 0.15) is 38.5 Å². The minimum absolute atomic E-state index is 0.00360. The largest absolute Gasteiger partial charge is 0.393 e. The Morgan fingerprint density at radius 1 is 1.15 bits per heavy atom. The number of hydrogen-bond acceptors (Lipinski definition) is 2. The van der Waals surface area contributed by atoms with Crippen molar-refractivity contribution in [3.05, 3.63) is 0 Å². The maximum Gasteiger partial charge on any atom is 0.0541 e. The summed E-state index contributed by atoms with van der Waals surface area (Å²) in [6, 6.07) is 0. The van der Waals surface area contributed by atoms with Crippen LogP contribution in [0, 0.1) is 0 Å². The maximum absolute atomic E-state index is 9.32. The summed E-state index contributed by atoms with van der Waals surface area (Å²) in [4.78, 5) is 0. The molecule has 1 fully saturated rings. The Kier molecular flexibility index (Phi) is 6.44. The summed E-state index contributed by atoms with van der Waals surface area (Å²) >= 11 is 2.12. The third-order valence-electron chi connectivity index (χ3n) is 2.60. The van der Waals surface area contributed by atoms with Crippen molar-refractivity contribution in [2.24, 2.45) is 0 Å². The minimum atomic E-state index is 0.00360. The van der Waals surface area contributed by atoms with Gasteiger partial charge in [0.15, 0.2) is 0 Å². The van der Waals surface area contributed by atoms with E-state index in [1.54, 1.807) is 0 Å². The monoisotopic (exact) mass is 220 g/mol. The number of hydrogen-bond donors (Lipinski definition) is 1. The normalized spacial score (nSPS) is 29.1. The molecular weight excluding hydrogens is 199 g/mol. The van der Waals surface area contributed by atoms with E-state index in [4.69, 9.17) is 0 Å². The van der Waals surface area contributed by atoms with E-state index in [1.807, 2.05) is 0 Å². The molecule has 0 aromatic rings. The average molecular weight is 220 g/mol. The van der Waals surface area contributed by atoms with E-state index in [1.165, 1.54) is 37.6 Å². The van der Waals surface area contributed by atoms with E-state index < -0.39 is 0 Å². The molecule has 0 aromatic carbocycles. The van der Waals surface area contributed by atoms with Crippen molar-refractivity contribution in [2.45, 2.75) is 49.9 Å². The van der Waals surface area contributed by atoms with E-state index in [9.17, 15) is 5.11 Å². The van der Waals surface area contributed by atoms with Gasteiger partial charge in [0.25, 0.3) is 0 Å². The van der Waals surface area contributed by atoms with Crippen molar-refractivity contribution >= 4 is 21.0 Å². The Hall–Kier alpha value is 0.740. The van der Waals surface area contributed by atoms with E-state index in [-0.39, 0.29) is 6.10 Å². The predicted molar refractivity (Wildman–Crippen MR) is 64.5 cm³/mol. The van der Waals surface area contributed by atoms with Crippen LogP contribution in [-0.4, -0.2) is 28.4 Å². The van der Waals surface area contributed by atoms with Gasteiger partial charge >= 0.3 is 0 Å². The lowest BCUT2D eigenvalue weighted by molar-refractivity contribution is 0.132. The summed E-state index contributed by atoms with van der Waals surface area (Å²) in [6.45, 7) is 0. The van der Waals surface area contributed by atoms with Crippen molar-refractivity contribution in [1.29, 1.82) is 0 Å². The fourth-order valence-electron chi connectivity index (χ4n) is 1.71. The molecule has 13 heavy (non-hydrogen) atoms. The van der Waals surface area contributed by atoms with E-state index >= 15 is 0 Å². The van der Waals surface area contributed by atoms with Gasteiger partial charge in [-0.3, -0.25) is 0 Å². The zero-order valence-electron chi connectivity index (χ0n) is 8.24. The van der Waals surface area contributed by atoms with E-state index in [0.29, 0.717) is 0 Å². The first kappa shape index (κ1) is 11.8. The van der Waals surface area contributed by atoms with E-state index in [2.05, 4.69) is 21.0 Å². The Balaban J connectivity index is 1.96. The summed E-state index contributed by atoms with van der Waals surface area (Å²) in [5.41, 5.74) is 0. The van der Waals surface area contributed by atoms with Crippen LogP contribution in [0.3, 0.4) is 0 Å². The average Bonchev–Trinajstić information content (AvgIpc) is 2.15. The highest BCUT2D eigenvalue weighted by atomic mass is 32.2. The highest BCUT2D eigenvalue weighted by Gasteiger charge is 2.18. The van der Waals surface area contributed by atoms with Gasteiger partial charge in [-0.25, -0.2) is 0 Å². The smallest absolute Gasteiger partial charge is 0.0541 e. The molecular formula is C10H21OPS. The molecule has 0 bridgehead atoms. The Labute approximate surface area is 88.3 Å².